The summed E-state index contributed by atoms with van der Waals surface area (Å²) in [5, 5.41) is 11.5. The first-order valence-corrected chi connectivity index (χ1v) is 7.62. The number of hydrogen-bond donors (Lipinski definition) is 1. The largest absolute Gasteiger partial charge is 0.389 e. The molecule has 2 heteroatoms. The standard InChI is InChI=1S/C16H28O2/c1-13(2)7-5-8-14(3)12-6-11-18-15(12,4)9-10-16(13,14)17/h12,17H,5-11H2,1-4H3/t12-,14-,15-,16-/m1/s1. The van der Waals surface area contributed by atoms with E-state index in [2.05, 4.69) is 27.7 Å². The Labute approximate surface area is 111 Å². The van der Waals surface area contributed by atoms with E-state index in [9.17, 15) is 5.11 Å². The summed E-state index contributed by atoms with van der Waals surface area (Å²) in [6.45, 7) is 10.0. The molecular formula is C16H28O2. The lowest BCUT2D eigenvalue weighted by atomic mass is 9.43. The molecule has 104 valence electrons. The Morgan fingerprint density at radius 2 is 1.72 bits per heavy atom. The topological polar surface area (TPSA) is 29.5 Å². The number of aliphatic hydroxyl groups is 1. The average Bonchev–Trinajstić information content (AvgIpc) is 2.66. The fourth-order valence-corrected chi connectivity index (χ4v) is 5.65. The Morgan fingerprint density at radius 1 is 1.00 bits per heavy atom. The summed E-state index contributed by atoms with van der Waals surface area (Å²) in [5.74, 6) is 0.531. The first-order valence-electron chi connectivity index (χ1n) is 7.62. The molecule has 3 fully saturated rings. The minimum atomic E-state index is -0.504. The van der Waals surface area contributed by atoms with Crippen molar-refractivity contribution in [3.8, 4) is 0 Å². The molecule has 2 nitrogen and oxygen atoms in total. The second-order valence-corrected chi connectivity index (χ2v) is 8.02. The van der Waals surface area contributed by atoms with Crippen molar-refractivity contribution in [2.24, 2.45) is 16.7 Å². The molecule has 1 heterocycles. The summed E-state index contributed by atoms with van der Waals surface area (Å²) < 4.78 is 6.06. The highest BCUT2D eigenvalue weighted by molar-refractivity contribution is 5.17. The lowest BCUT2D eigenvalue weighted by Crippen LogP contribution is -2.67. The third-order valence-corrected chi connectivity index (χ3v) is 6.89. The van der Waals surface area contributed by atoms with Crippen molar-refractivity contribution in [3.63, 3.8) is 0 Å². The van der Waals surface area contributed by atoms with Crippen molar-refractivity contribution in [2.75, 3.05) is 6.61 Å². The summed E-state index contributed by atoms with van der Waals surface area (Å²) in [7, 11) is 0. The van der Waals surface area contributed by atoms with Gasteiger partial charge in [-0.1, -0.05) is 27.2 Å². The van der Waals surface area contributed by atoms with Crippen LogP contribution in [0.25, 0.3) is 0 Å². The molecule has 2 saturated carbocycles. The van der Waals surface area contributed by atoms with Crippen LogP contribution in [0.2, 0.25) is 0 Å². The molecule has 0 radical (unpaired) electrons. The molecule has 1 aliphatic heterocycles. The normalized spacial score (nSPS) is 54.8. The maximum Gasteiger partial charge on any atom is 0.0756 e. The molecule has 3 rings (SSSR count). The van der Waals surface area contributed by atoms with Crippen molar-refractivity contribution in [1.29, 1.82) is 0 Å². The summed E-state index contributed by atoms with van der Waals surface area (Å²) in [6, 6.07) is 0. The third kappa shape index (κ3) is 1.31. The fraction of sp³-hybridized carbons (Fsp3) is 1.00. The minimum Gasteiger partial charge on any atom is -0.389 e. The van der Waals surface area contributed by atoms with Crippen LogP contribution >= 0.6 is 0 Å². The van der Waals surface area contributed by atoms with E-state index in [0.717, 1.165) is 38.7 Å². The predicted molar refractivity (Wildman–Crippen MR) is 72.4 cm³/mol. The SMILES string of the molecule is CC1(C)CCC[C@]2(C)[C@H]3CCO[C@]3(C)CC[C@@]12O. The van der Waals surface area contributed by atoms with Crippen LogP contribution in [0.3, 0.4) is 0 Å². The lowest BCUT2D eigenvalue weighted by Gasteiger charge is -2.65. The van der Waals surface area contributed by atoms with Gasteiger partial charge in [0, 0.05) is 12.0 Å². The van der Waals surface area contributed by atoms with Crippen molar-refractivity contribution in [2.45, 2.75) is 77.4 Å². The Kier molecular flexibility index (Phi) is 2.53. The van der Waals surface area contributed by atoms with E-state index in [1.807, 2.05) is 0 Å². The van der Waals surface area contributed by atoms with Gasteiger partial charge in [0.15, 0.2) is 0 Å². The van der Waals surface area contributed by atoms with Crippen LogP contribution < -0.4 is 0 Å². The van der Waals surface area contributed by atoms with Gasteiger partial charge in [0.05, 0.1) is 11.2 Å². The monoisotopic (exact) mass is 252 g/mol. The van der Waals surface area contributed by atoms with Crippen molar-refractivity contribution >= 4 is 0 Å². The van der Waals surface area contributed by atoms with E-state index in [4.69, 9.17) is 4.74 Å². The lowest BCUT2D eigenvalue weighted by molar-refractivity contribution is -0.254. The summed E-state index contributed by atoms with van der Waals surface area (Å²) >= 11 is 0. The van der Waals surface area contributed by atoms with E-state index in [1.165, 1.54) is 6.42 Å². The molecule has 2 aliphatic carbocycles. The highest BCUT2D eigenvalue weighted by atomic mass is 16.5. The van der Waals surface area contributed by atoms with E-state index < -0.39 is 5.60 Å². The van der Waals surface area contributed by atoms with Crippen LogP contribution in [0, 0.1) is 16.7 Å². The first-order chi connectivity index (χ1) is 8.25. The van der Waals surface area contributed by atoms with Crippen molar-refractivity contribution in [3.05, 3.63) is 0 Å². The van der Waals surface area contributed by atoms with E-state index in [1.54, 1.807) is 0 Å². The zero-order chi connectivity index (χ0) is 13.2. The van der Waals surface area contributed by atoms with Crippen LogP contribution in [0.4, 0.5) is 0 Å². The maximum atomic E-state index is 11.5. The van der Waals surface area contributed by atoms with Crippen LogP contribution in [-0.4, -0.2) is 22.9 Å². The van der Waals surface area contributed by atoms with Gasteiger partial charge in [-0.3, -0.25) is 0 Å². The quantitative estimate of drug-likeness (QED) is 0.714. The second kappa shape index (κ2) is 3.52. The first kappa shape index (κ1) is 12.9. The third-order valence-electron chi connectivity index (χ3n) is 6.89. The number of ether oxygens (including phenoxy) is 1. The van der Waals surface area contributed by atoms with Crippen LogP contribution in [-0.2, 0) is 4.74 Å². The van der Waals surface area contributed by atoms with E-state index >= 15 is 0 Å². The van der Waals surface area contributed by atoms with Crippen molar-refractivity contribution in [1.82, 2.24) is 0 Å². The Bertz CT molecular complexity index is 364. The van der Waals surface area contributed by atoms with E-state index in [-0.39, 0.29) is 16.4 Å². The van der Waals surface area contributed by atoms with Gasteiger partial charge in [0.2, 0.25) is 0 Å². The average molecular weight is 252 g/mol. The molecule has 1 N–H and O–H groups in total. The fourth-order valence-electron chi connectivity index (χ4n) is 5.65. The van der Waals surface area contributed by atoms with Crippen molar-refractivity contribution < 1.29 is 9.84 Å². The predicted octanol–water partition coefficient (Wildman–Crippen LogP) is 3.52. The van der Waals surface area contributed by atoms with Gasteiger partial charge in [-0.2, -0.15) is 0 Å². The molecule has 0 unspecified atom stereocenters. The molecule has 0 amide bonds. The molecule has 3 aliphatic rings. The molecule has 0 spiro atoms. The number of rotatable bonds is 0. The zero-order valence-electron chi connectivity index (χ0n) is 12.4. The molecule has 0 aromatic heterocycles. The van der Waals surface area contributed by atoms with Crippen LogP contribution in [0.1, 0.15) is 66.2 Å². The highest BCUT2D eigenvalue weighted by Crippen LogP contribution is 2.66. The van der Waals surface area contributed by atoms with E-state index in [0.29, 0.717) is 5.92 Å². The second-order valence-electron chi connectivity index (χ2n) is 8.02. The van der Waals surface area contributed by atoms with Gasteiger partial charge >= 0.3 is 0 Å². The van der Waals surface area contributed by atoms with Gasteiger partial charge in [-0.05, 0) is 50.4 Å². The highest BCUT2D eigenvalue weighted by Gasteiger charge is 2.67. The van der Waals surface area contributed by atoms with Gasteiger partial charge in [0.25, 0.3) is 0 Å². The summed E-state index contributed by atoms with van der Waals surface area (Å²) in [5.41, 5.74) is -0.396. The molecule has 0 aromatic carbocycles. The molecular weight excluding hydrogens is 224 g/mol. The molecule has 4 atom stereocenters. The Balaban J connectivity index is 2.07. The smallest absolute Gasteiger partial charge is 0.0756 e. The van der Waals surface area contributed by atoms with Gasteiger partial charge in [0.1, 0.15) is 0 Å². The summed E-state index contributed by atoms with van der Waals surface area (Å²) in [6.07, 6.45) is 6.63. The van der Waals surface area contributed by atoms with Gasteiger partial charge < -0.3 is 9.84 Å². The minimum absolute atomic E-state index is 0.0222. The van der Waals surface area contributed by atoms with Crippen LogP contribution in [0.15, 0.2) is 0 Å². The number of fused-ring (bicyclic) bond motifs is 3. The zero-order valence-corrected chi connectivity index (χ0v) is 12.4. The van der Waals surface area contributed by atoms with Crippen LogP contribution in [0.5, 0.6) is 0 Å². The molecule has 1 saturated heterocycles. The molecule has 0 bridgehead atoms. The van der Waals surface area contributed by atoms with Gasteiger partial charge in [-0.15, -0.1) is 0 Å². The summed E-state index contributed by atoms with van der Waals surface area (Å²) in [4.78, 5) is 0. The Hall–Kier alpha value is -0.0800. The molecule has 18 heavy (non-hydrogen) atoms. The van der Waals surface area contributed by atoms with Gasteiger partial charge in [-0.25, -0.2) is 0 Å². The number of hydrogen-bond acceptors (Lipinski definition) is 2. The maximum absolute atomic E-state index is 11.5. The molecule has 0 aromatic rings. The Morgan fingerprint density at radius 3 is 2.44 bits per heavy atom.